The number of nitriles is 1. The van der Waals surface area contributed by atoms with E-state index in [1.807, 2.05) is 12.1 Å². The van der Waals surface area contributed by atoms with E-state index >= 15 is 0 Å². The van der Waals surface area contributed by atoms with E-state index < -0.39 is 6.03 Å². The van der Waals surface area contributed by atoms with E-state index in [9.17, 15) is 9.18 Å². The van der Waals surface area contributed by atoms with Crippen LogP contribution in [0.25, 0.3) is 0 Å². The molecule has 33 heavy (non-hydrogen) atoms. The molecule has 0 unspecified atom stereocenters. The van der Waals surface area contributed by atoms with Gasteiger partial charge in [-0.05, 0) is 48.4 Å². The molecule has 2 aromatic carbocycles. The lowest BCUT2D eigenvalue weighted by Crippen LogP contribution is -2.21. The van der Waals surface area contributed by atoms with Gasteiger partial charge in [-0.1, -0.05) is 23.7 Å². The molecule has 0 atom stereocenters. The highest BCUT2D eigenvalue weighted by Crippen LogP contribution is 2.31. The van der Waals surface area contributed by atoms with Gasteiger partial charge in [-0.25, -0.2) is 19.2 Å². The summed E-state index contributed by atoms with van der Waals surface area (Å²) in [4.78, 5) is 20.1. The van der Waals surface area contributed by atoms with E-state index in [0.717, 1.165) is 11.1 Å². The van der Waals surface area contributed by atoms with Crippen LogP contribution in [0.1, 0.15) is 16.8 Å². The first kappa shape index (κ1) is 25.8. The summed E-state index contributed by atoms with van der Waals surface area (Å²) >= 11 is 6.39. The van der Waals surface area contributed by atoms with Crippen LogP contribution in [0, 0.1) is 17.1 Å². The molecule has 0 aliphatic carbocycles. The number of rotatable bonds is 8. The Bertz CT molecular complexity index is 1140. The van der Waals surface area contributed by atoms with Crippen molar-refractivity contribution in [2.24, 2.45) is 0 Å². The van der Waals surface area contributed by atoms with Crippen molar-refractivity contribution in [3.63, 3.8) is 0 Å². The van der Waals surface area contributed by atoms with Crippen molar-refractivity contribution >= 4 is 41.5 Å². The second-order valence-corrected chi connectivity index (χ2v) is 7.09. The lowest BCUT2D eigenvalue weighted by atomic mass is 10.1. The molecule has 3 rings (SSSR count). The summed E-state index contributed by atoms with van der Waals surface area (Å²) in [5.41, 5.74) is 2.21. The van der Waals surface area contributed by atoms with Crippen molar-refractivity contribution in [3.8, 4) is 11.8 Å². The minimum absolute atomic E-state index is 0. The number of anilines is 2. The zero-order valence-corrected chi connectivity index (χ0v) is 19.1. The van der Waals surface area contributed by atoms with Gasteiger partial charge in [-0.2, -0.15) is 5.26 Å². The quantitative estimate of drug-likeness (QED) is 0.399. The van der Waals surface area contributed by atoms with Crippen LogP contribution in [0.5, 0.6) is 5.75 Å². The number of ether oxygens (including phenoxy) is 1. The maximum Gasteiger partial charge on any atom is 0.325 e. The number of nitrogens with one attached hydrogen (secondary N) is 3. The van der Waals surface area contributed by atoms with E-state index in [1.54, 1.807) is 18.2 Å². The van der Waals surface area contributed by atoms with Gasteiger partial charge in [0.2, 0.25) is 0 Å². The maximum absolute atomic E-state index is 13.2. The van der Waals surface area contributed by atoms with Crippen LogP contribution in [0.4, 0.5) is 20.7 Å². The number of hydrogen-bond donors (Lipinski definition) is 3. The lowest BCUT2D eigenvalue weighted by molar-refractivity contribution is 0.262. The van der Waals surface area contributed by atoms with E-state index in [0.29, 0.717) is 36.0 Å². The molecule has 0 spiro atoms. The molecule has 1 heterocycles. The number of urea groups is 1. The van der Waals surface area contributed by atoms with Crippen molar-refractivity contribution in [2.75, 3.05) is 24.3 Å². The Hall–Kier alpha value is -3.45. The number of benzene rings is 2. The number of carbonyl (C=O) groups is 1. The fraction of sp³-hybridized carbons (Fsp3) is 0.182. The largest absolute Gasteiger partial charge is 0.495 e. The van der Waals surface area contributed by atoms with Gasteiger partial charge in [-0.3, -0.25) is 5.32 Å². The molecule has 2 amide bonds. The smallest absolute Gasteiger partial charge is 0.325 e. The number of nitrogens with zero attached hydrogens (tertiary/aromatic N) is 3. The van der Waals surface area contributed by atoms with Gasteiger partial charge >= 0.3 is 6.03 Å². The molecule has 0 bridgehead atoms. The Morgan fingerprint density at radius 1 is 1.21 bits per heavy atom. The summed E-state index contributed by atoms with van der Waals surface area (Å²) in [5, 5.41) is 17.6. The molecule has 0 saturated carbocycles. The summed E-state index contributed by atoms with van der Waals surface area (Å²) in [6.07, 6.45) is 3.14. The third-order valence-corrected chi connectivity index (χ3v) is 4.77. The van der Waals surface area contributed by atoms with Gasteiger partial charge in [0, 0.05) is 11.6 Å². The van der Waals surface area contributed by atoms with Gasteiger partial charge in [0.1, 0.15) is 17.6 Å². The van der Waals surface area contributed by atoms with Crippen LogP contribution in [0.3, 0.4) is 0 Å². The Balaban J connectivity index is 0.00000385. The molecule has 1 aromatic heterocycles. The molecule has 11 heteroatoms. The van der Waals surface area contributed by atoms with Gasteiger partial charge in [0.15, 0.2) is 11.5 Å². The molecule has 0 fully saturated rings. The van der Waals surface area contributed by atoms with Crippen LogP contribution >= 0.6 is 24.0 Å². The van der Waals surface area contributed by atoms with Crippen LogP contribution in [0.15, 0.2) is 48.8 Å². The first-order valence-corrected chi connectivity index (χ1v) is 9.98. The van der Waals surface area contributed by atoms with Crippen LogP contribution in [0.2, 0.25) is 5.02 Å². The van der Waals surface area contributed by atoms with Gasteiger partial charge < -0.3 is 15.4 Å². The van der Waals surface area contributed by atoms with Crippen LogP contribution in [-0.4, -0.2) is 29.7 Å². The highest BCUT2D eigenvalue weighted by Gasteiger charge is 2.13. The fourth-order valence-electron chi connectivity index (χ4n) is 2.88. The molecular formula is C22H21Cl2FN6O2. The molecule has 172 valence electrons. The molecule has 3 aromatic rings. The molecule has 0 aliphatic rings. The first-order chi connectivity index (χ1) is 15.5. The second-order valence-electron chi connectivity index (χ2n) is 6.68. The molecule has 0 aliphatic heterocycles. The minimum atomic E-state index is -0.567. The number of hydrogen-bond acceptors (Lipinski definition) is 6. The monoisotopic (exact) mass is 490 g/mol. The Morgan fingerprint density at radius 2 is 2.03 bits per heavy atom. The van der Waals surface area contributed by atoms with Gasteiger partial charge in [-0.15, -0.1) is 12.4 Å². The van der Waals surface area contributed by atoms with Gasteiger partial charge in [0.25, 0.3) is 0 Å². The topological polar surface area (TPSA) is 112 Å². The third kappa shape index (κ3) is 7.57. The van der Waals surface area contributed by atoms with Crippen molar-refractivity contribution in [1.82, 2.24) is 15.3 Å². The van der Waals surface area contributed by atoms with Crippen LogP contribution < -0.4 is 20.7 Å². The highest BCUT2D eigenvalue weighted by molar-refractivity contribution is 6.31. The zero-order valence-electron chi connectivity index (χ0n) is 17.6. The van der Waals surface area contributed by atoms with Crippen LogP contribution in [-0.2, 0) is 13.0 Å². The molecule has 8 nitrogen and oxygen atoms in total. The number of methoxy groups -OCH3 is 1. The predicted octanol–water partition coefficient (Wildman–Crippen LogP) is 4.55. The third-order valence-electron chi connectivity index (χ3n) is 4.41. The fourth-order valence-corrected chi connectivity index (χ4v) is 3.13. The summed E-state index contributed by atoms with van der Waals surface area (Å²) in [6.45, 7) is 1.15. The Morgan fingerprint density at radius 3 is 2.70 bits per heavy atom. The number of carbonyl (C=O) groups excluding carboxylic acids is 1. The lowest BCUT2D eigenvalue weighted by Gasteiger charge is -2.14. The number of halogens is 3. The first-order valence-electron chi connectivity index (χ1n) is 9.60. The number of amides is 2. The Kier molecular flexibility index (Phi) is 9.82. The van der Waals surface area contributed by atoms with Crippen molar-refractivity contribution in [2.45, 2.75) is 13.0 Å². The average molecular weight is 491 g/mol. The van der Waals surface area contributed by atoms with E-state index in [4.69, 9.17) is 21.6 Å². The maximum atomic E-state index is 13.2. The van der Waals surface area contributed by atoms with E-state index in [1.165, 1.54) is 31.6 Å². The average Bonchev–Trinajstić information content (AvgIpc) is 2.78. The minimum Gasteiger partial charge on any atom is -0.495 e. The van der Waals surface area contributed by atoms with E-state index in [2.05, 4.69) is 25.9 Å². The highest BCUT2D eigenvalue weighted by atomic mass is 35.5. The summed E-state index contributed by atoms with van der Waals surface area (Å²) in [7, 11) is 1.49. The molecule has 3 N–H and O–H groups in total. The van der Waals surface area contributed by atoms with E-state index in [-0.39, 0.29) is 29.7 Å². The SMILES string of the molecule is COc1cc(CCNCc2cccc(F)c2)c(Cl)cc1NC(=O)Nc1cnc(C#N)cn1.Cl. The molecular weight excluding hydrogens is 470 g/mol. The molecule has 0 radical (unpaired) electrons. The van der Waals surface area contributed by atoms with Crippen molar-refractivity contribution < 1.29 is 13.9 Å². The van der Waals surface area contributed by atoms with Crippen molar-refractivity contribution in [3.05, 3.63) is 76.5 Å². The predicted molar refractivity (Wildman–Crippen MR) is 126 cm³/mol. The van der Waals surface area contributed by atoms with Gasteiger partial charge in [0.05, 0.1) is 25.2 Å². The summed E-state index contributed by atoms with van der Waals surface area (Å²) in [6, 6.07) is 11.0. The summed E-state index contributed by atoms with van der Waals surface area (Å²) < 4.78 is 18.6. The normalized spacial score (nSPS) is 10.0. The van der Waals surface area contributed by atoms with Crippen molar-refractivity contribution in [1.29, 1.82) is 5.26 Å². The zero-order chi connectivity index (χ0) is 22.9. The second kappa shape index (κ2) is 12.6. The Labute approximate surface area is 201 Å². The summed E-state index contributed by atoms with van der Waals surface area (Å²) in [5.74, 6) is 0.360. The number of aromatic nitrogens is 2. The standard InChI is InChI=1S/C22H20ClFN6O2.ClH/c1-32-20-8-15(5-6-26-11-14-3-2-4-16(24)7-14)18(23)9-19(20)29-22(31)30-21-13-27-17(10-25)12-28-21;/h2-4,7-9,12-13,26H,5-6,11H2,1H3,(H2,28,29,30,31);1H. The molecule has 0 saturated heterocycles.